The molecule has 3 amide bonds. The summed E-state index contributed by atoms with van der Waals surface area (Å²) in [6.07, 6.45) is 0.757. The van der Waals surface area contributed by atoms with Crippen LogP contribution in [0.25, 0.3) is 0 Å². The molecule has 5 N–H and O–H groups in total. The van der Waals surface area contributed by atoms with Crippen LogP contribution in [0.3, 0.4) is 0 Å². The first-order valence-corrected chi connectivity index (χ1v) is 12.8. The van der Waals surface area contributed by atoms with Gasteiger partial charge >= 0.3 is 0 Å². The molecule has 1 atom stereocenters. The molecule has 3 rings (SSSR count). The maximum atomic E-state index is 14.1. The van der Waals surface area contributed by atoms with Crippen LogP contribution in [0.5, 0.6) is 11.5 Å². The summed E-state index contributed by atoms with van der Waals surface area (Å²) in [5.41, 5.74) is 13.1. The van der Waals surface area contributed by atoms with E-state index >= 15 is 0 Å². The van der Waals surface area contributed by atoms with Crippen LogP contribution in [-0.4, -0.2) is 42.9 Å². The minimum absolute atomic E-state index is 0.000155. The maximum Gasteiger partial charge on any atom is 0.273 e. The molecule has 0 aliphatic heterocycles. The molecule has 38 heavy (non-hydrogen) atoms. The zero-order chi connectivity index (χ0) is 28.0. The number of carbonyl (C=O) groups excluding carboxylic acids is 3. The van der Waals surface area contributed by atoms with Gasteiger partial charge < -0.3 is 26.3 Å². The summed E-state index contributed by atoms with van der Waals surface area (Å²) < 4.78 is 14.8. The second-order valence-electron chi connectivity index (χ2n) is 9.14. The lowest BCUT2D eigenvalue weighted by molar-refractivity contribution is -0.122. The minimum Gasteiger partial charge on any atom is -0.493 e. The van der Waals surface area contributed by atoms with Gasteiger partial charge in [-0.1, -0.05) is 37.6 Å². The number of hydrogen-bond acceptors (Lipinski definition) is 8. The van der Waals surface area contributed by atoms with Crippen molar-refractivity contribution in [3.63, 3.8) is 0 Å². The van der Waals surface area contributed by atoms with Crippen LogP contribution >= 0.6 is 11.5 Å². The molecule has 1 unspecified atom stereocenters. The summed E-state index contributed by atoms with van der Waals surface area (Å²) in [5, 5.41) is 2.96. The molecule has 10 nitrogen and oxygen atoms in total. The normalized spacial score (nSPS) is 11.6. The maximum absolute atomic E-state index is 14.1. The second kappa shape index (κ2) is 12.4. The summed E-state index contributed by atoms with van der Waals surface area (Å²) >= 11 is 0.755. The number of carbonyl (C=O) groups is 3. The van der Waals surface area contributed by atoms with Gasteiger partial charge in [-0.05, 0) is 60.6 Å². The Kier molecular flexibility index (Phi) is 9.30. The molecule has 1 aromatic heterocycles. The van der Waals surface area contributed by atoms with Gasteiger partial charge in [-0.2, -0.15) is 4.37 Å². The third-order valence-electron chi connectivity index (χ3n) is 5.94. The van der Waals surface area contributed by atoms with Crippen LogP contribution in [0.4, 0.5) is 11.4 Å². The van der Waals surface area contributed by atoms with Crippen molar-refractivity contribution in [3.05, 3.63) is 64.2 Å². The monoisotopic (exact) mass is 539 g/mol. The van der Waals surface area contributed by atoms with E-state index < -0.39 is 23.8 Å². The first kappa shape index (κ1) is 28.5. The Morgan fingerprint density at radius 3 is 2.26 bits per heavy atom. The van der Waals surface area contributed by atoms with Gasteiger partial charge in [-0.25, -0.2) is 0 Å². The van der Waals surface area contributed by atoms with Crippen LogP contribution < -0.4 is 31.2 Å². The molecule has 0 bridgehead atoms. The first-order valence-electron chi connectivity index (χ1n) is 12.0. The van der Waals surface area contributed by atoms with Crippen LogP contribution in [0.1, 0.15) is 57.6 Å². The number of aromatic nitrogens is 1. The highest BCUT2D eigenvalue weighted by atomic mass is 32.1. The largest absolute Gasteiger partial charge is 0.493 e. The quantitative estimate of drug-likeness (QED) is 0.336. The van der Waals surface area contributed by atoms with Gasteiger partial charge in [0.25, 0.3) is 11.8 Å². The Morgan fingerprint density at radius 2 is 1.71 bits per heavy atom. The number of methoxy groups -OCH3 is 2. The van der Waals surface area contributed by atoms with E-state index in [1.807, 2.05) is 19.1 Å². The highest BCUT2D eigenvalue weighted by molar-refractivity contribution is 7.09. The number of hydrogen-bond donors (Lipinski definition) is 3. The average molecular weight is 540 g/mol. The van der Waals surface area contributed by atoms with Crippen molar-refractivity contribution in [1.29, 1.82) is 0 Å². The molecular formula is C27H33N5O5S. The lowest BCUT2D eigenvalue weighted by Gasteiger charge is -2.31. The van der Waals surface area contributed by atoms with Crippen LogP contribution in [-0.2, 0) is 4.79 Å². The van der Waals surface area contributed by atoms with Crippen LogP contribution in [0.2, 0.25) is 0 Å². The van der Waals surface area contributed by atoms with E-state index in [-0.39, 0.29) is 16.3 Å². The van der Waals surface area contributed by atoms with Crippen molar-refractivity contribution in [2.75, 3.05) is 31.4 Å². The Morgan fingerprint density at radius 1 is 1.05 bits per heavy atom. The molecule has 3 aromatic rings. The number of ether oxygens (including phenoxy) is 2. The third kappa shape index (κ3) is 6.23. The number of nitrogens with one attached hydrogen (secondary N) is 1. The zero-order valence-electron chi connectivity index (χ0n) is 22.1. The van der Waals surface area contributed by atoms with Crippen LogP contribution in [0.15, 0.2) is 42.5 Å². The summed E-state index contributed by atoms with van der Waals surface area (Å²) in [5.74, 6) is -0.604. The zero-order valence-corrected chi connectivity index (χ0v) is 22.9. The highest BCUT2D eigenvalue weighted by Crippen LogP contribution is 2.36. The number of anilines is 2. The number of nitrogen functional groups attached to an aromatic ring is 1. The molecule has 0 spiro atoms. The van der Waals surface area contributed by atoms with Gasteiger partial charge in [0.15, 0.2) is 17.2 Å². The van der Waals surface area contributed by atoms with E-state index in [2.05, 4.69) is 23.5 Å². The van der Waals surface area contributed by atoms with E-state index in [1.165, 1.54) is 19.1 Å². The van der Waals surface area contributed by atoms with E-state index in [1.54, 1.807) is 30.3 Å². The topological polar surface area (TPSA) is 150 Å². The lowest BCUT2D eigenvalue weighted by Crippen LogP contribution is -2.44. The lowest BCUT2D eigenvalue weighted by atomic mass is 10.0. The van der Waals surface area contributed by atoms with E-state index in [9.17, 15) is 14.4 Å². The van der Waals surface area contributed by atoms with Crippen molar-refractivity contribution in [2.45, 2.75) is 33.2 Å². The average Bonchev–Trinajstić information content (AvgIpc) is 3.28. The molecule has 0 fully saturated rings. The van der Waals surface area contributed by atoms with Gasteiger partial charge in [0, 0.05) is 12.2 Å². The minimum atomic E-state index is -1.12. The van der Waals surface area contributed by atoms with Crippen molar-refractivity contribution < 1.29 is 23.9 Å². The smallest absolute Gasteiger partial charge is 0.273 e. The molecule has 2 aromatic carbocycles. The molecule has 11 heteroatoms. The fraction of sp³-hybridized carbons (Fsp3) is 0.333. The van der Waals surface area contributed by atoms with Crippen molar-refractivity contribution in [3.8, 4) is 11.5 Å². The molecular weight excluding hydrogens is 506 g/mol. The number of rotatable bonds is 11. The molecule has 0 radical (unpaired) electrons. The second-order valence-corrected chi connectivity index (χ2v) is 9.91. The summed E-state index contributed by atoms with van der Waals surface area (Å²) in [7, 11) is 3.00. The number of amides is 3. The van der Waals surface area contributed by atoms with Crippen LogP contribution in [0, 0.1) is 12.8 Å². The fourth-order valence-electron chi connectivity index (χ4n) is 3.85. The molecule has 0 aliphatic carbocycles. The van der Waals surface area contributed by atoms with Gasteiger partial charge in [0.05, 0.1) is 19.9 Å². The molecule has 0 aliphatic rings. The number of nitrogens with zero attached hydrogens (tertiary/aromatic N) is 2. The number of benzene rings is 2. The Labute approximate surface area is 226 Å². The van der Waals surface area contributed by atoms with Crippen molar-refractivity contribution in [1.82, 2.24) is 9.69 Å². The summed E-state index contributed by atoms with van der Waals surface area (Å²) in [4.78, 5) is 41.0. The standard InChI is InChI=1S/C27H33N5O5S/c1-15(2)12-13-30-26(34)23(17-8-11-19(36-4)20(14-17)37-5)32(18-9-6-16(3)7-10-18)27(35)24-21(28)22(25(29)33)31-38-24/h6-11,14-15,23H,12-13,28H2,1-5H3,(H2,29,33)(H,30,34). The van der Waals surface area contributed by atoms with Gasteiger partial charge in [0.2, 0.25) is 5.91 Å². The molecule has 0 saturated carbocycles. The first-order chi connectivity index (χ1) is 18.1. The summed E-state index contributed by atoms with van der Waals surface area (Å²) in [6.45, 7) is 6.46. The van der Waals surface area contributed by atoms with E-state index in [4.69, 9.17) is 20.9 Å². The van der Waals surface area contributed by atoms with Crippen molar-refractivity contribution in [2.24, 2.45) is 11.7 Å². The molecule has 1 heterocycles. The van der Waals surface area contributed by atoms with E-state index in [0.29, 0.717) is 35.2 Å². The molecule has 0 saturated heterocycles. The van der Waals surface area contributed by atoms with Gasteiger partial charge in [-0.15, -0.1) is 0 Å². The fourth-order valence-corrected chi connectivity index (χ4v) is 4.59. The molecule has 202 valence electrons. The number of nitrogens with two attached hydrogens (primary N) is 2. The Bertz CT molecular complexity index is 1310. The SMILES string of the molecule is COc1ccc(C(C(=O)NCCC(C)C)N(C(=O)c2snc(C(N)=O)c2N)c2ccc(C)cc2)cc1OC. The number of primary amides is 1. The van der Waals surface area contributed by atoms with E-state index in [0.717, 1.165) is 23.5 Å². The van der Waals surface area contributed by atoms with Gasteiger partial charge in [0.1, 0.15) is 10.9 Å². The number of aryl methyl sites for hydroxylation is 1. The highest BCUT2D eigenvalue weighted by Gasteiger charge is 2.36. The van der Waals surface area contributed by atoms with Crippen molar-refractivity contribution >= 4 is 40.6 Å². The summed E-state index contributed by atoms with van der Waals surface area (Å²) in [6, 6.07) is 11.1. The van der Waals surface area contributed by atoms with Gasteiger partial charge in [-0.3, -0.25) is 19.3 Å². The Balaban J connectivity index is 2.21. The predicted octanol–water partition coefficient (Wildman–Crippen LogP) is 3.70. The third-order valence-corrected chi connectivity index (χ3v) is 6.79. The predicted molar refractivity (Wildman–Crippen MR) is 148 cm³/mol. The Hall–Kier alpha value is -4.12.